The van der Waals surface area contributed by atoms with Crippen LogP contribution in [0.3, 0.4) is 0 Å². The molecule has 0 amide bonds. The van der Waals surface area contributed by atoms with Gasteiger partial charge >= 0.3 is 0 Å². The highest BCUT2D eigenvalue weighted by Crippen LogP contribution is 2.35. The number of nitrogens with zero attached hydrogens (tertiary/aromatic N) is 2. The lowest BCUT2D eigenvalue weighted by Crippen LogP contribution is -2.35. The Morgan fingerprint density at radius 3 is 2.57 bits per heavy atom. The second-order valence-corrected chi connectivity index (χ2v) is 6.20. The van der Waals surface area contributed by atoms with Crippen molar-refractivity contribution in [3.05, 3.63) is 42.2 Å². The van der Waals surface area contributed by atoms with Gasteiger partial charge in [0.1, 0.15) is 11.8 Å². The Bertz CT molecular complexity index is 563. The SMILES string of the molecule is CCN(C)CC(C)(C)C(O)c1cc(-c2ccccc2)no1. The molecule has 0 fully saturated rings. The van der Waals surface area contributed by atoms with E-state index in [0.29, 0.717) is 5.76 Å². The Morgan fingerprint density at radius 2 is 1.95 bits per heavy atom. The summed E-state index contributed by atoms with van der Waals surface area (Å²) in [6.07, 6.45) is -0.684. The highest BCUT2D eigenvalue weighted by Gasteiger charge is 2.33. The monoisotopic (exact) mass is 288 g/mol. The Kier molecular flexibility index (Phi) is 4.80. The first-order valence-corrected chi connectivity index (χ1v) is 7.32. The van der Waals surface area contributed by atoms with E-state index < -0.39 is 6.10 Å². The fourth-order valence-corrected chi connectivity index (χ4v) is 2.44. The summed E-state index contributed by atoms with van der Waals surface area (Å²) in [6.45, 7) is 7.90. The van der Waals surface area contributed by atoms with Crippen molar-refractivity contribution in [2.75, 3.05) is 20.1 Å². The number of benzene rings is 1. The fourth-order valence-electron chi connectivity index (χ4n) is 2.44. The number of rotatable bonds is 6. The van der Waals surface area contributed by atoms with Gasteiger partial charge in [-0.2, -0.15) is 0 Å². The van der Waals surface area contributed by atoms with Crippen LogP contribution < -0.4 is 0 Å². The Labute approximate surface area is 126 Å². The third-order valence-corrected chi connectivity index (χ3v) is 3.82. The second kappa shape index (κ2) is 6.41. The van der Waals surface area contributed by atoms with E-state index >= 15 is 0 Å². The maximum absolute atomic E-state index is 10.6. The molecule has 0 aliphatic heterocycles. The molecule has 1 N–H and O–H groups in total. The molecule has 0 radical (unpaired) electrons. The smallest absolute Gasteiger partial charge is 0.166 e. The van der Waals surface area contributed by atoms with Gasteiger partial charge in [0.05, 0.1) is 0 Å². The summed E-state index contributed by atoms with van der Waals surface area (Å²) in [5.41, 5.74) is 1.44. The molecule has 0 bridgehead atoms. The maximum atomic E-state index is 10.6. The van der Waals surface area contributed by atoms with Gasteiger partial charge in [-0.15, -0.1) is 0 Å². The van der Waals surface area contributed by atoms with Crippen molar-refractivity contribution < 1.29 is 9.63 Å². The van der Waals surface area contributed by atoms with E-state index in [0.717, 1.165) is 24.3 Å². The Hall–Kier alpha value is -1.65. The van der Waals surface area contributed by atoms with Gasteiger partial charge in [0.25, 0.3) is 0 Å². The van der Waals surface area contributed by atoms with Crippen LogP contribution in [0.15, 0.2) is 40.9 Å². The lowest BCUT2D eigenvalue weighted by atomic mass is 9.84. The van der Waals surface area contributed by atoms with E-state index in [1.165, 1.54) is 0 Å². The minimum atomic E-state index is -0.684. The molecule has 0 aliphatic rings. The third-order valence-electron chi connectivity index (χ3n) is 3.82. The van der Waals surface area contributed by atoms with E-state index in [1.807, 2.05) is 57.3 Å². The normalized spacial score (nSPS) is 13.6. The molecule has 2 rings (SSSR count). The van der Waals surface area contributed by atoms with Gasteiger partial charge < -0.3 is 14.5 Å². The first kappa shape index (κ1) is 15.7. The predicted octanol–water partition coefficient (Wildman–Crippen LogP) is 3.35. The molecule has 114 valence electrons. The standard InChI is InChI=1S/C17H24N2O2/c1-5-19(4)12-17(2,3)16(20)15-11-14(18-21-15)13-9-7-6-8-10-13/h6-11,16,20H,5,12H2,1-4H3. The van der Waals surface area contributed by atoms with Gasteiger partial charge in [-0.3, -0.25) is 0 Å². The average molecular weight is 288 g/mol. The van der Waals surface area contributed by atoms with Crippen LogP contribution in [0.2, 0.25) is 0 Å². The van der Waals surface area contributed by atoms with Gasteiger partial charge in [-0.25, -0.2) is 0 Å². The fraction of sp³-hybridized carbons (Fsp3) is 0.471. The van der Waals surface area contributed by atoms with E-state index in [2.05, 4.69) is 17.0 Å². The molecular formula is C17H24N2O2. The molecule has 0 spiro atoms. The van der Waals surface area contributed by atoms with Gasteiger partial charge in [0.15, 0.2) is 5.76 Å². The average Bonchev–Trinajstić information content (AvgIpc) is 2.96. The molecule has 0 saturated carbocycles. The number of hydrogen-bond donors (Lipinski definition) is 1. The highest BCUT2D eigenvalue weighted by atomic mass is 16.5. The van der Waals surface area contributed by atoms with Crippen LogP contribution in [-0.4, -0.2) is 35.3 Å². The molecular weight excluding hydrogens is 264 g/mol. The van der Waals surface area contributed by atoms with Crippen LogP contribution in [0.1, 0.15) is 32.6 Å². The molecule has 1 aromatic carbocycles. The molecule has 0 aliphatic carbocycles. The quantitative estimate of drug-likeness (QED) is 0.885. The molecule has 2 aromatic rings. The van der Waals surface area contributed by atoms with Gasteiger partial charge in [-0.05, 0) is 13.6 Å². The van der Waals surface area contributed by atoms with E-state index in [9.17, 15) is 5.11 Å². The topological polar surface area (TPSA) is 49.5 Å². The van der Waals surface area contributed by atoms with Crippen LogP contribution in [0.5, 0.6) is 0 Å². The maximum Gasteiger partial charge on any atom is 0.166 e. The largest absolute Gasteiger partial charge is 0.384 e. The van der Waals surface area contributed by atoms with Crippen LogP contribution in [-0.2, 0) is 0 Å². The van der Waals surface area contributed by atoms with Gasteiger partial charge in [-0.1, -0.05) is 56.3 Å². The van der Waals surface area contributed by atoms with Crippen molar-refractivity contribution in [2.45, 2.75) is 26.9 Å². The predicted molar refractivity (Wildman–Crippen MR) is 83.9 cm³/mol. The highest BCUT2D eigenvalue weighted by molar-refractivity contribution is 5.58. The summed E-state index contributed by atoms with van der Waals surface area (Å²) < 4.78 is 5.36. The van der Waals surface area contributed by atoms with Crippen molar-refractivity contribution in [3.8, 4) is 11.3 Å². The van der Waals surface area contributed by atoms with Crippen molar-refractivity contribution in [1.82, 2.24) is 10.1 Å². The van der Waals surface area contributed by atoms with Crippen molar-refractivity contribution in [2.24, 2.45) is 5.41 Å². The zero-order valence-electron chi connectivity index (χ0n) is 13.2. The summed E-state index contributed by atoms with van der Waals surface area (Å²) in [7, 11) is 2.05. The van der Waals surface area contributed by atoms with E-state index in [-0.39, 0.29) is 5.41 Å². The number of aliphatic hydroxyl groups is 1. The van der Waals surface area contributed by atoms with Crippen molar-refractivity contribution >= 4 is 0 Å². The molecule has 4 heteroatoms. The van der Waals surface area contributed by atoms with E-state index in [4.69, 9.17) is 4.52 Å². The van der Waals surface area contributed by atoms with Crippen LogP contribution in [0.25, 0.3) is 11.3 Å². The molecule has 0 saturated heterocycles. The van der Waals surface area contributed by atoms with Crippen LogP contribution >= 0.6 is 0 Å². The summed E-state index contributed by atoms with van der Waals surface area (Å²) in [6, 6.07) is 11.7. The van der Waals surface area contributed by atoms with Gasteiger partial charge in [0, 0.05) is 23.6 Å². The number of hydrogen-bond acceptors (Lipinski definition) is 4. The minimum absolute atomic E-state index is 0.307. The molecule has 1 atom stereocenters. The molecule has 4 nitrogen and oxygen atoms in total. The molecule has 1 unspecified atom stereocenters. The van der Waals surface area contributed by atoms with Gasteiger partial charge in [0.2, 0.25) is 0 Å². The lowest BCUT2D eigenvalue weighted by Gasteiger charge is -2.32. The summed E-state index contributed by atoms with van der Waals surface area (Å²) in [5.74, 6) is 0.517. The number of aliphatic hydroxyl groups excluding tert-OH is 1. The van der Waals surface area contributed by atoms with E-state index in [1.54, 1.807) is 0 Å². The summed E-state index contributed by atoms with van der Waals surface area (Å²) in [4.78, 5) is 2.18. The van der Waals surface area contributed by atoms with Crippen molar-refractivity contribution in [3.63, 3.8) is 0 Å². The van der Waals surface area contributed by atoms with Crippen LogP contribution in [0.4, 0.5) is 0 Å². The molecule has 1 aromatic heterocycles. The lowest BCUT2D eigenvalue weighted by molar-refractivity contribution is 0.00798. The summed E-state index contributed by atoms with van der Waals surface area (Å²) in [5, 5.41) is 14.7. The Balaban J connectivity index is 2.17. The summed E-state index contributed by atoms with van der Waals surface area (Å²) >= 11 is 0. The zero-order chi connectivity index (χ0) is 15.5. The van der Waals surface area contributed by atoms with Crippen LogP contribution in [0, 0.1) is 5.41 Å². The third kappa shape index (κ3) is 3.71. The minimum Gasteiger partial charge on any atom is -0.384 e. The first-order chi connectivity index (χ1) is 9.94. The Morgan fingerprint density at radius 1 is 1.29 bits per heavy atom. The van der Waals surface area contributed by atoms with Crippen molar-refractivity contribution in [1.29, 1.82) is 0 Å². The molecule has 1 heterocycles. The second-order valence-electron chi connectivity index (χ2n) is 6.20. The molecule has 21 heavy (non-hydrogen) atoms. The number of aromatic nitrogens is 1. The zero-order valence-corrected chi connectivity index (χ0v) is 13.2. The first-order valence-electron chi connectivity index (χ1n) is 7.32.